The van der Waals surface area contributed by atoms with Crippen LogP contribution in [0.5, 0.6) is 0 Å². The number of anilines is 1. The van der Waals surface area contributed by atoms with Crippen molar-refractivity contribution in [3.8, 4) is 0 Å². The van der Waals surface area contributed by atoms with Crippen LogP contribution in [0.2, 0.25) is 0 Å². The smallest absolute Gasteiger partial charge is 0.244 e. The van der Waals surface area contributed by atoms with Gasteiger partial charge in [-0.3, -0.25) is 13.9 Å². The predicted molar refractivity (Wildman–Crippen MR) is 177 cm³/mol. The standard InChI is InChI=1S/C36H41N3O4S/c1-27-13-11-16-29(23-27)25-38(34(24-28-14-5-3-6-15-28)36(41)37-31-19-7-4-8-20-31)35(40)26-39(44(2,42)43)33-22-12-18-30-17-9-10-21-32(30)33/h3,5-6,9-18,21-23,31,34H,4,7-8,19-20,24-26H2,1-2H3,(H,37,41)/t34-/m1/s1. The molecular weight excluding hydrogens is 570 g/mol. The highest BCUT2D eigenvalue weighted by molar-refractivity contribution is 7.92. The fraction of sp³-hybridized carbons (Fsp3) is 0.333. The van der Waals surface area contributed by atoms with Crippen LogP contribution >= 0.6 is 0 Å². The molecule has 7 nitrogen and oxygen atoms in total. The van der Waals surface area contributed by atoms with E-state index in [1.54, 1.807) is 17.0 Å². The number of nitrogens with zero attached hydrogens (tertiary/aromatic N) is 2. The maximum Gasteiger partial charge on any atom is 0.244 e. The summed E-state index contributed by atoms with van der Waals surface area (Å²) >= 11 is 0. The zero-order valence-corrected chi connectivity index (χ0v) is 26.3. The highest BCUT2D eigenvalue weighted by atomic mass is 32.2. The van der Waals surface area contributed by atoms with Gasteiger partial charge in [0.25, 0.3) is 0 Å². The summed E-state index contributed by atoms with van der Waals surface area (Å²) in [5.74, 6) is -0.651. The average molecular weight is 612 g/mol. The molecule has 0 spiro atoms. The Hall–Kier alpha value is -4.17. The number of hydrogen-bond donors (Lipinski definition) is 1. The first-order valence-electron chi connectivity index (χ1n) is 15.3. The number of nitrogens with one attached hydrogen (secondary N) is 1. The number of carbonyl (C=O) groups is 2. The Morgan fingerprint density at radius 3 is 2.23 bits per heavy atom. The largest absolute Gasteiger partial charge is 0.352 e. The summed E-state index contributed by atoms with van der Waals surface area (Å²) in [5.41, 5.74) is 3.26. The molecule has 1 aliphatic carbocycles. The molecule has 0 saturated heterocycles. The van der Waals surface area contributed by atoms with Gasteiger partial charge in [0.2, 0.25) is 21.8 Å². The lowest BCUT2D eigenvalue weighted by Crippen LogP contribution is -2.55. The van der Waals surface area contributed by atoms with E-state index >= 15 is 0 Å². The molecule has 1 N–H and O–H groups in total. The Bertz CT molecular complexity index is 1700. The van der Waals surface area contributed by atoms with E-state index in [1.807, 2.05) is 91.9 Å². The number of hydrogen-bond acceptors (Lipinski definition) is 4. The molecule has 1 aliphatic rings. The van der Waals surface area contributed by atoms with Crippen LogP contribution in [0, 0.1) is 6.92 Å². The van der Waals surface area contributed by atoms with Crippen LogP contribution in [0.15, 0.2) is 97.1 Å². The lowest BCUT2D eigenvalue weighted by molar-refractivity contribution is -0.140. The number of sulfonamides is 1. The third-order valence-corrected chi connectivity index (χ3v) is 9.50. The summed E-state index contributed by atoms with van der Waals surface area (Å²) in [6.07, 6.45) is 6.54. The number of carbonyl (C=O) groups excluding carboxylic acids is 2. The molecule has 4 aromatic rings. The fourth-order valence-corrected chi connectivity index (χ4v) is 6.99. The lowest BCUT2D eigenvalue weighted by atomic mass is 9.94. The van der Waals surface area contributed by atoms with Crippen LogP contribution in [-0.4, -0.2) is 50.0 Å². The van der Waals surface area contributed by atoms with Crippen molar-refractivity contribution < 1.29 is 18.0 Å². The molecule has 2 amide bonds. The van der Waals surface area contributed by atoms with Gasteiger partial charge in [-0.25, -0.2) is 8.42 Å². The molecule has 4 aromatic carbocycles. The first kappa shape index (κ1) is 31.3. The third-order valence-electron chi connectivity index (χ3n) is 8.37. The van der Waals surface area contributed by atoms with Gasteiger partial charge in [0.15, 0.2) is 0 Å². The Morgan fingerprint density at radius 1 is 0.841 bits per heavy atom. The molecule has 1 atom stereocenters. The highest BCUT2D eigenvalue weighted by Gasteiger charge is 2.34. The minimum atomic E-state index is -3.86. The second kappa shape index (κ2) is 14.1. The van der Waals surface area contributed by atoms with Gasteiger partial charge >= 0.3 is 0 Å². The molecule has 8 heteroatoms. The van der Waals surface area contributed by atoms with Crippen molar-refractivity contribution in [1.82, 2.24) is 10.2 Å². The van der Waals surface area contributed by atoms with E-state index in [2.05, 4.69) is 5.32 Å². The average Bonchev–Trinajstić information content (AvgIpc) is 3.01. The van der Waals surface area contributed by atoms with Crippen molar-refractivity contribution in [2.24, 2.45) is 0 Å². The van der Waals surface area contributed by atoms with Crippen LogP contribution in [0.3, 0.4) is 0 Å². The van der Waals surface area contributed by atoms with Crippen LogP contribution in [-0.2, 0) is 32.6 Å². The molecule has 5 rings (SSSR count). The molecule has 0 aromatic heterocycles. The van der Waals surface area contributed by atoms with Crippen LogP contribution in [0.1, 0.15) is 48.8 Å². The molecule has 1 saturated carbocycles. The molecule has 0 bridgehead atoms. The molecule has 0 unspecified atom stereocenters. The van der Waals surface area contributed by atoms with E-state index in [0.29, 0.717) is 12.1 Å². The van der Waals surface area contributed by atoms with Crippen molar-refractivity contribution in [3.05, 3.63) is 114 Å². The van der Waals surface area contributed by atoms with Gasteiger partial charge in [-0.1, -0.05) is 116 Å². The number of benzene rings is 4. The third kappa shape index (κ3) is 7.85. The predicted octanol–water partition coefficient (Wildman–Crippen LogP) is 6.00. The fourth-order valence-electron chi connectivity index (χ4n) is 6.13. The lowest BCUT2D eigenvalue weighted by Gasteiger charge is -2.35. The van der Waals surface area contributed by atoms with E-state index in [4.69, 9.17) is 0 Å². The monoisotopic (exact) mass is 611 g/mol. The van der Waals surface area contributed by atoms with E-state index in [0.717, 1.165) is 65.8 Å². The first-order chi connectivity index (χ1) is 21.2. The Kier molecular flexibility index (Phi) is 10.0. The maximum absolute atomic E-state index is 14.5. The van der Waals surface area contributed by atoms with Gasteiger partial charge < -0.3 is 10.2 Å². The van der Waals surface area contributed by atoms with Crippen molar-refractivity contribution in [1.29, 1.82) is 0 Å². The molecule has 230 valence electrons. The second-order valence-electron chi connectivity index (χ2n) is 11.8. The minimum Gasteiger partial charge on any atom is -0.352 e. The van der Waals surface area contributed by atoms with Gasteiger partial charge in [0.05, 0.1) is 11.9 Å². The topological polar surface area (TPSA) is 86.8 Å². The summed E-state index contributed by atoms with van der Waals surface area (Å²) in [4.78, 5) is 30.1. The van der Waals surface area contributed by atoms with Crippen LogP contribution < -0.4 is 9.62 Å². The normalized spacial score (nSPS) is 14.6. The summed E-state index contributed by atoms with van der Waals surface area (Å²) in [7, 11) is -3.86. The Labute approximate surface area is 260 Å². The van der Waals surface area contributed by atoms with Gasteiger partial charge in [-0.15, -0.1) is 0 Å². The molecule has 0 radical (unpaired) electrons. The van der Waals surface area contributed by atoms with Crippen molar-refractivity contribution in [3.63, 3.8) is 0 Å². The zero-order chi connectivity index (χ0) is 31.1. The number of amides is 2. The molecule has 0 aliphatic heterocycles. The second-order valence-corrected chi connectivity index (χ2v) is 13.7. The molecule has 44 heavy (non-hydrogen) atoms. The van der Waals surface area contributed by atoms with E-state index in [1.165, 1.54) is 4.31 Å². The summed E-state index contributed by atoms with van der Waals surface area (Å²) < 4.78 is 27.7. The van der Waals surface area contributed by atoms with Crippen molar-refractivity contribution in [2.45, 2.75) is 64.1 Å². The summed E-state index contributed by atoms with van der Waals surface area (Å²) in [5, 5.41) is 4.85. The van der Waals surface area contributed by atoms with Gasteiger partial charge in [0.1, 0.15) is 12.6 Å². The van der Waals surface area contributed by atoms with Crippen molar-refractivity contribution in [2.75, 3.05) is 17.1 Å². The van der Waals surface area contributed by atoms with Gasteiger partial charge in [-0.2, -0.15) is 0 Å². The van der Waals surface area contributed by atoms with Crippen LogP contribution in [0.4, 0.5) is 5.69 Å². The van der Waals surface area contributed by atoms with Gasteiger partial charge in [0, 0.05) is 24.4 Å². The zero-order valence-electron chi connectivity index (χ0n) is 25.5. The van der Waals surface area contributed by atoms with E-state index in [9.17, 15) is 18.0 Å². The molecular formula is C36H41N3O4S. The number of fused-ring (bicyclic) bond motifs is 1. The summed E-state index contributed by atoms with van der Waals surface area (Å²) in [6, 6.07) is 29.7. The first-order valence-corrected chi connectivity index (χ1v) is 17.2. The molecule has 1 fully saturated rings. The maximum atomic E-state index is 14.5. The highest BCUT2D eigenvalue weighted by Crippen LogP contribution is 2.29. The SMILES string of the molecule is Cc1cccc(CN(C(=O)CN(c2cccc3ccccc23)S(C)(=O)=O)[C@H](Cc2ccccc2)C(=O)NC2CCCCC2)c1. The quantitative estimate of drug-likeness (QED) is 0.225. The van der Waals surface area contributed by atoms with E-state index in [-0.39, 0.29) is 18.5 Å². The molecule has 0 heterocycles. The Morgan fingerprint density at radius 2 is 1.50 bits per heavy atom. The van der Waals surface area contributed by atoms with Gasteiger partial charge in [-0.05, 0) is 42.3 Å². The minimum absolute atomic E-state index is 0.0636. The summed E-state index contributed by atoms with van der Waals surface area (Å²) in [6.45, 7) is 1.72. The van der Waals surface area contributed by atoms with Crippen LogP contribution in [0.25, 0.3) is 10.8 Å². The Balaban J connectivity index is 1.54. The number of aryl methyl sites for hydroxylation is 1. The van der Waals surface area contributed by atoms with E-state index < -0.39 is 28.5 Å². The van der Waals surface area contributed by atoms with Crippen molar-refractivity contribution >= 4 is 38.3 Å². The number of rotatable bonds is 11.